The third-order valence-corrected chi connectivity index (χ3v) is 4.78. The first-order valence-corrected chi connectivity index (χ1v) is 9.06. The summed E-state index contributed by atoms with van der Waals surface area (Å²) in [6.07, 6.45) is 5.29. The fraction of sp³-hybridized carbons (Fsp3) is 0.286. The van der Waals surface area contributed by atoms with Crippen LogP contribution >= 0.6 is 11.8 Å². The molecule has 3 heteroatoms. The van der Waals surface area contributed by atoms with Crippen LogP contribution in [-0.2, 0) is 0 Å². The summed E-state index contributed by atoms with van der Waals surface area (Å²) in [7, 11) is 0. The fourth-order valence-electron chi connectivity index (χ4n) is 2.83. The van der Waals surface area contributed by atoms with Gasteiger partial charge in [0, 0.05) is 16.0 Å². The third-order valence-electron chi connectivity index (χ3n) is 4.18. The topological polar surface area (TPSA) is 33.0 Å². The highest BCUT2D eigenvalue weighted by atomic mass is 32.2. The Balaban J connectivity index is 1.56. The van der Waals surface area contributed by atoms with Gasteiger partial charge in [-0.1, -0.05) is 24.7 Å². The maximum atomic E-state index is 8.64. The van der Waals surface area contributed by atoms with Gasteiger partial charge in [-0.15, -0.1) is 0 Å². The normalized spacial score (nSPS) is 13.8. The summed E-state index contributed by atoms with van der Waals surface area (Å²) in [5, 5.41) is 10.7. The van der Waals surface area contributed by atoms with Crippen molar-refractivity contribution in [1.29, 1.82) is 5.26 Å². The molecule has 0 atom stereocenters. The molecule has 0 saturated heterocycles. The van der Waals surface area contributed by atoms with Gasteiger partial charge in [-0.3, -0.25) is 0 Å². The molecule has 0 aliphatic heterocycles. The molecule has 120 valence electrons. The number of thiocyanates is 1. The van der Waals surface area contributed by atoms with Gasteiger partial charge >= 0.3 is 0 Å². The number of thioether (sulfide) groups is 1. The number of rotatable bonds is 4. The first-order valence-electron chi connectivity index (χ1n) is 8.24. The number of nitriles is 1. The molecule has 1 aliphatic rings. The van der Waals surface area contributed by atoms with Crippen LogP contribution in [0.4, 0.5) is 0 Å². The molecule has 0 radical (unpaired) electrons. The van der Waals surface area contributed by atoms with Crippen molar-refractivity contribution in [1.82, 2.24) is 0 Å². The number of ether oxygens (including phenoxy) is 1. The van der Waals surface area contributed by atoms with Crippen LogP contribution in [0.3, 0.4) is 0 Å². The lowest BCUT2D eigenvalue weighted by Gasteiger charge is -2.11. The molecule has 2 nitrogen and oxygen atoms in total. The second-order valence-corrected chi connectivity index (χ2v) is 6.81. The van der Waals surface area contributed by atoms with Crippen LogP contribution in [0, 0.1) is 28.4 Å². The molecule has 1 aliphatic carbocycles. The van der Waals surface area contributed by atoms with E-state index in [4.69, 9.17) is 10.00 Å². The lowest BCUT2D eigenvalue weighted by atomic mass is 10.1. The molecule has 1 saturated carbocycles. The fourth-order valence-corrected chi connectivity index (χ4v) is 3.21. The van der Waals surface area contributed by atoms with Crippen molar-refractivity contribution >= 4 is 11.8 Å². The second kappa shape index (κ2) is 8.48. The summed E-state index contributed by atoms with van der Waals surface area (Å²) in [6.45, 7) is 0.831. The highest BCUT2D eigenvalue weighted by Crippen LogP contribution is 2.25. The highest BCUT2D eigenvalue weighted by Gasteiger charge is 2.15. The molecule has 24 heavy (non-hydrogen) atoms. The number of benzene rings is 2. The lowest BCUT2D eigenvalue weighted by Crippen LogP contribution is -2.07. The smallest absolute Gasteiger partial charge is 0.138 e. The van der Waals surface area contributed by atoms with Crippen LogP contribution in [0.2, 0.25) is 0 Å². The largest absolute Gasteiger partial charge is 0.493 e. The molecule has 2 aromatic carbocycles. The van der Waals surface area contributed by atoms with Crippen LogP contribution in [-0.4, -0.2) is 6.61 Å². The lowest BCUT2D eigenvalue weighted by molar-refractivity contribution is 0.252. The zero-order chi connectivity index (χ0) is 16.6. The maximum Gasteiger partial charge on any atom is 0.138 e. The number of hydrogen-bond donors (Lipinski definition) is 0. The predicted molar refractivity (Wildman–Crippen MR) is 97.8 cm³/mol. The van der Waals surface area contributed by atoms with Gasteiger partial charge in [0.1, 0.15) is 11.2 Å². The van der Waals surface area contributed by atoms with E-state index in [1.165, 1.54) is 25.7 Å². The van der Waals surface area contributed by atoms with E-state index < -0.39 is 0 Å². The van der Waals surface area contributed by atoms with Gasteiger partial charge in [0.15, 0.2) is 0 Å². The van der Waals surface area contributed by atoms with E-state index in [-0.39, 0.29) is 0 Å². The average molecular weight is 333 g/mol. The molecule has 0 heterocycles. The van der Waals surface area contributed by atoms with E-state index in [1.807, 2.05) is 48.5 Å². The molecule has 2 aromatic rings. The monoisotopic (exact) mass is 333 g/mol. The number of hydrogen-bond acceptors (Lipinski definition) is 3. The van der Waals surface area contributed by atoms with Crippen molar-refractivity contribution in [3.8, 4) is 23.0 Å². The Kier molecular flexibility index (Phi) is 5.83. The quantitative estimate of drug-likeness (QED) is 0.436. The summed E-state index contributed by atoms with van der Waals surface area (Å²) in [5.41, 5.74) is 1.91. The first kappa shape index (κ1) is 16.5. The zero-order valence-corrected chi connectivity index (χ0v) is 14.3. The minimum absolute atomic E-state index is 0.728. The van der Waals surface area contributed by atoms with E-state index in [9.17, 15) is 0 Å². The summed E-state index contributed by atoms with van der Waals surface area (Å²) in [5.74, 6) is 7.95. The van der Waals surface area contributed by atoms with E-state index >= 15 is 0 Å². The molecule has 0 spiro atoms. The van der Waals surface area contributed by atoms with Crippen molar-refractivity contribution in [2.24, 2.45) is 5.92 Å². The SMILES string of the molecule is N#CSc1ccc(C#Cc2ccc(OCC3CCCC3)cc2)cc1. The van der Waals surface area contributed by atoms with E-state index in [2.05, 4.69) is 17.2 Å². The molecule has 0 amide bonds. The summed E-state index contributed by atoms with van der Waals surface area (Å²) < 4.78 is 5.87. The van der Waals surface area contributed by atoms with Gasteiger partial charge in [-0.05, 0) is 79.1 Å². The van der Waals surface area contributed by atoms with E-state index in [0.717, 1.165) is 46.1 Å². The second-order valence-electron chi connectivity index (χ2n) is 5.95. The molecular formula is C21H19NOS. The van der Waals surface area contributed by atoms with Crippen LogP contribution in [0.25, 0.3) is 0 Å². The van der Waals surface area contributed by atoms with Crippen molar-refractivity contribution < 1.29 is 4.74 Å². The molecule has 0 bridgehead atoms. The van der Waals surface area contributed by atoms with Crippen LogP contribution in [0.15, 0.2) is 53.4 Å². The average Bonchev–Trinajstić information content (AvgIpc) is 3.14. The predicted octanol–water partition coefficient (Wildman–Crippen LogP) is 5.23. The van der Waals surface area contributed by atoms with Crippen LogP contribution in [0.5, 0.6) is 5.75 Å². The third kappa shape index (κ3) is 4.82. The molecule has 3 rings (SSSR count). The van der Waals surface area contributed by atoms with Gasteiger partial charge in [0.25, 0.3) is 0 Å². The summed E-state index contributed by atoms with van der Waals surface area (Å²) >= 11 is 1.16. The molecule has 0 N–H and O–H groups in total. The zero-order valence-electron chi connectivity index (χ0n) is 13.5. The van der Waals surface area contributed by atoms with E-state index in [0.29, 0.717) is 0 Å². The summed E-state index contributed by atoms with van der Waals surface area (Å²) in [4.78, 5) is 0.937. The van der Waals surface area contributed by atoms with Gasteiger partial charge < -0.3 is 4.74 Å². The minimum atomic E-state index is 0.728. The summed E-state index contributed by atoms with van der Waals surface area (Å²) in [6, 6.07) is 15.7. The Morgan fingerprint density at radius 2 is 1.50 bits per heavy atom. The van der Waals surface area contributed by atoms with Crippen molar-refractivity contribution in [3.05, 3.63) is 59.7 Å². The Morgan fingerprint density at radius 3 is 2.08 bits per heavy atom. The van der Waals surface area contributed by atoms with Gasteiger partial charge in [-0.25, -0.2) is 0 Å². The standard InChI is InChI=1S/C21H19NOS/c22-16-24-21-13-9-18(10-14-21)6-5-17-7-11-20(12-8-17)23-15-19-3-1-2-4-19/h7-14,19H,1-4,15H2. The first-order chi connectivity index (χ1) is 11.8. The Bertz CT molecular complexity index is 757. The van der Waals surface area contributed by atoms with Gasteiger partial charge in [0.05, 0.1) is 6.61 Å². The van der Waals surface area contributed by atoms with E-state index in [1.54, 1.807) is 0 Å². The van der Waals surface area contributed by atoms with Crippen molar-refractivity contribution in [2.75, 3.05) is 6.61 Å². The molecule has 0 unspecified atom stereocenters. The Labute approximate surface area is 147 Å². The van der Waals surface area contributed by atoms with Crippen molar-refractivity contribution in [3.63, 3.8) is 0 Å². The number of nitrogens with zero attached hydrogens (tertiary/aromatic N) is 1. The Hall–Kier alpha value is -2.36. The maximum absolute atomic E-state index is 8.64. The van der Waals surface area contributed by atoms with Crippen LogP contribution < -0.4 is 4.74 Å². The molecule has 0 aromatic heterocycles. The molecule has 1 fully saturated rings. The minimum Gasteiger partial charge on any atom is -0.493 e. The van der Waals surface area contributed by atoms with Gasteiger partial charge in [0.2, 0.25) is 0 Å². The molecular weight excluding hydrogens is 314 g/mol. The van der Waals surface area contributed by atoms with Gasteiger partial charge in [-0.2, -0.15) is 5.26 Å². The van der Waals surface area contributed by atoms with Crippen molar-refractivity contribution in [2.45, 2.75) is 30.6 Å². The van der Waals surface area contributed by atoms with Crippen LogP contribution in [0.1, 0.15) is 36.8 Å². The highest BCUT2D eigenvalue weighted by molar-refractivity contribution is 8.03. The Morgan fingerprint density at radius 1 is 0.917 bits per heavy atom.